The van der Waals surface area contributed by atoms with E-state index in [0.717, 1.165) is 6.61 Å². The first kappa shape index (κ1) is 13.3. The topological polar surface area (TPSA) is 24.5 Å². The Labute approximate surface area is 106 Å². The number of rotatable bonds is 4. The van der Waals surface area contributed by atoms with Gasteiger partial charge in [0.2, 0.25) is 0 Å². The first-order valence-corrected chi connectivity index (χ1v) is 6.97. The van der Waals surface area contributed by atoms with Crippen molar-refractivity contribution in [2.75, 3.05) is 46.4 Å². The van der Waals surface area contributed by atoms with E-state index in [2.05, 4.69) is 24.1 Å². The number of ether oxygens (including phenoxy) is 1. The van der Waals surface area contributed by atoms with Crippen LogP contribution in [0.2, 0.25) is 0 Å². The van der Waals surface area contributed by atoms with Crippen LogP contribution in [0.15, 0.2) is 0 Å². The Morgan fingerprint density at radius 2 is 1.94 bits per heavy atom. The Morgan fingerprint density at radius 1 is 1.24 bits per heavy atom. The molecule has 0 radical (unpaired) electrons. The molecule has 1 spiro atoms. The van der Waals surface area contributed by atoms with Gasteiger partial charge < -0.3 is 15.0 Å². The fraction of sp³-hybridized carbons (Fsp3) is 1.00. The smallest absolute Gasteiger partial charge is 0.0525 e. The van der Waals surface area contributed by atoms with Gasteiger partial charge in [-0.05, 0) is 44.3 Å². The summed E-state index contributed by atoms with van der Waals surface area (Å²) < 4.78 is 5.32. The lowest BCUT2D eigenvalue weighted by molar-refractivity contribution is 0.0711. The van der Waals surface area contributed by atoms with Gasteiger partial charge in [0.1, 0.15) is 0 Å². The maximum atomic E-state index is 5.32. The zero-order chi connectivity index (χ0) is 12.4. The van der Waals surface area contributed by atoms with Crippen molar-refractivity contribution in [3.05, 3.63) is 0 Å². The van der Waals surface area contributed by atoms with Gasteiger partial charge in [-0.15, -0.1) is 0 Å². The van der Waals surface area contributed by atoms with Crippen molar-refractivity contribution in [1.29, 1.82) is 0 Å². The van der Waals surface area contributed by atoms with Gasteiger partial charge >= 0.3 is 0 Å². The Morgan fingerprint density at radius 3 is 2.59 bits per heavy atom. The van der Waals surface area contributed by atoms with E-state index in [1.807, 2.05) is 0 Å². The second-order valence-corrected chi connectivity index (χ2v) is 6.81. The SMILES string of the molecule is COCC(C)(C)CN1CCC2(CCNCC2)C1. The van der Waals surface area contributed by atoms with Crippen LogP contribution in [0.25, 0.3) is 0 Å². The highest BCUT2D eigenvalue weighted by atomic mass is 16.5. The third kappa shape index (κ3) is 3.43. The molecule has 0 aliphatic carbocycles. The second-order valence-electron chi connectivity index (χ2n) is 6.81. The lowest BCUT2D eigenvalue weighted by atomic mass is 9.78. The van der Waals surface area contributed by atoms with Gasteiger partial charge in [-0.1, -0.05) is 13.8 Å². The summed E-state index contributed by atoms with van der Waals surface area (Å²) in [5.74, 6) is 0. The molecule has 17 heavy (non-hydrogen) atoms. The van der Waals surface area contributed by atoms with Gasteiger partial charge in [-0.3, -0.25) is 0 Å². The minimum atomic E-state index is 0.285. The molecular weight excluding hydrogens is 212 g/mol. The average Bonchev–Trinajstić information content (AvgIpc) is 2.61. The van der Waals surface area contributed by atoms with E-state index >= 15 is 0 Å². The summed E-state index contributed by atoms with van der Waals surface area (Å²) >= 11 is 0. The van der Waals surface area contributed by atoms with E-state index in [9.17, 15) is 0 Å². The van der Waals surface area contributed by atoms with Gasteiger partial charge in [0.15, 0.2) is 0 Å². The van der Waals surface area contributed by atoms with Gasteiger partial charge in [0.05, 0.1) is 6.61 Å². The number of piperidine rings is 1. The molecule has 0 aromatic rings. The maximum Gasteiger partial charge on any atom is 0.0525 e. The quantitative estimate of drug-likeness (QED) is 0.810. The van der Waals surface area contributed by atoms with Crippen LogP contribution >= 0.6 is 0 Å². The van der Waals surface area contributed by atoms with Crippen LogP contribution < -0.4 is 5.32 Å². The van der Waals surface area contributed by atoms with Crippen molar-refractivity contribution in [3.8, 4) is 0 Å². The highest BCUT2D eigenvalue weighted by Gasteiger charge is 2.39. The molecule has 100 valence electrons. The molecule has 0 aromatic carbocycles. The highest BCUT2D eigenvalue weighted by molar-refractivity contribution is 4.94. The monoisotopic (exact) mass is 240 g/mol. The van der Waals surface area contributed by atoms with E-state index in [1.54, 1.807) is 7.11 Å². The Bertz CT molecular complexity index is 247. The molecule has 0 amide bonds. The molecule has 2 saturated heterocycles. The van der Waals surface area contributed by atoms with Crippen LogP contribution in [0.4, 0.5) is 0 Å². The molecule has 3 heteroatoms. The van der Waals surface area contributed by atoms with Crippen molar-refractivity contribution >= 4 is 0 Å². The summed E-state index contributed by atoms with van der Waals surface area (Å²) in [5, 5.41) is 3.48. The van der Waals surface area contributed by atoms with Crippen LogP contribution in [0.5, 0.6) is 0 Å². The zero-order valence-corrected chi connectivity index (χ0v) is 11.7. The number of likely N-dealkylation sites (tertiary alicyclic amines) is 1. The molecule has 0 aromatic heterocycles. The van der Waals surface area contributed by atoms with Gasteiger partial charge in [0, 0.05) is 25.6 Å². The molecule has 0 bridgehead atoms. The molecule has 0 atom stereocenters. The molecule has 2 fully saturated rings. The minimum Gasteiger partial charge on any atom is -0.384 e. The first-order chi connectivity index (χ1) is 8.05. The largest absolute Gasteiger partial charge is 0.384 e. The number of hydrogen-bond donors (Lipinski definition) is 1. The first-order valence-electron chi connectivity index (χ1n) is 6.97. The number of methoxy groups -OCH3 is 1. The fourth-order valence-corrected chi connectivity index (χ4v) is 3.57. The Kier molecular flexibility index (Phi) is 4.11. The van der Waals surface area contributed by atoms with E-state index < -0.39 is 0 Å². The van der Waals surface area contributed by atoms with E-state index in [1.165, 1.54) is 52.0 Å². The van der Waals surface area contributed by atoms with Crippen LogP contribution in [0, 0.1) is 10.8 Å². The fourth-order valence-electron chi connectivity index (χ4n) is 3.57. The predicted octanol–water partition coefficient (Wildman–Crippen LogP) is 1.73. The zero-order valence-electron chi connectivity index (χ0n) is 11.7. The van der Waals surface area contributed by atoms with Gasteiger partial charge in [-0.25, -0.2) is 0 Å². The summed E-state index contributed by atoms with van der Waals surface area (Å²) in [6.45, 7) is 11.7. The Balaban J connectivity index is 1.85. The third-order valence-corrected chi connectivity index (χ3v) is 4.37. The van der Waals surface area contributed by atoms with Crippen LogP contribution in [0.3, 0.4) is 0 Å². The van der Waals surface area contributed by atoms with E-state index in [4.69, 9.17) is 4.74 Å². The van der Waals surface area contributed by atoms with Gasteiger partial charge in [0.25, 0.3) is 0 Å². The summed E-state index contributed by atoms with van der Waals surface area (Å²) in [6.07, 6.45) is 4.14. The summed E-state index contributed by atoms with van der Waals surface area (Å²) in [6, 6.07) is 0. The molecule has 3 nitrogen and oxygen atoms in total. The summed E-state index contributed by atoms with van der Waals surface area (Å²) in [5.41, 5.74) is 0.918. The second kappa shape index (κ2) is 5.25. The maximum absolute atomic E-state index is 5.32. The van der Waals surface area contributed by atoms with Crippen LogP contribution in [0.1, 0.15) is 33.1 Å². The molecule has 2 aliphatic heterocycles. The number of nitrogens with zero attached hydrogens (tertiary/aromatic N) is 1. The van der Waals surface area contributed by atoms with Crippen LogP contribution in [-0.4, -0.2) is 51.3 Å². The predicted molar refractivity (Wildman–Crippen MR) is 71.3 cm³/mol. The van der Waals surface area contributed by atoms with E-state index in [0.29, 0.717) is 5.41 Å². The van der Waals surface area contributed by atoms with Gasteiger partial charge in [-0.2, -0.15) is 0 Å². The molecule has 0 unspecified atom stereocenters. The summed E-state index contributed by atoms with van der Waals surface area (Å²) in [7, 11) is 1.81. The molecule has 2 heterocycles. The minimum absolute atomic E-state index is 0.285. The molecule has 0 saturated carbocycles. The standard InChI is InChI=1S/C14H28N2O/c1-13(2,12-17-3)10-16-9-6-14(11-16)4-7-15-8-5-14/h15H,4-12H2,1-3H3. The lowest BCUT2D eigenvalue weighted by Gasteiger charge is -2.35. The third-order valence-electron chi connectivity index (χ3n) is 4.37. The molecule has 1 N–H and O–H groups in total. The lowest BCUT2D eigenvalue weighted by Crippen LogP contribution is -2.41. The summed E-state index contributed by atoms with van der Waals surface area (Å²) in [4.78, 5) is 2.66. The van der Waals surface area contributed by atoms with Crippen molar-refractivity contribution < 1.29 is 4.74 Å². The normalized spacial score (nSPS) is 25.6. The van der Waals surface area contributed by atoms with Crippen molar-refractivity contribution in [3.63, 3.8) is 0 Å². The average molecular weight is 240 g/mol. The highest BCUT2D eigenvalue weighted by Crippen LogP contribution is 2.39. The molecule has 2 aliphatic rings. The molecular formula is C14H28N2O. The number of nitrogens with one attached hydrogen (secondary N) is 1. The van der Waals surface area contributed by atoms with Crippen LogP contribution in [-0.2, 0) is 4.74 Å². The molecule has 2 rings (SSSR count). The van der Waals surface area contributed by atoms with Crippen molar-refractivity contribution in [2.24, 2.45) is 10.8 Å². The Hall–Kier alpha value is -0.120. The van der Waals surface area contributed by atoms with Crippen molar-refractivity contribution in [1.82, 2.24) is 10.2 Å². The van der Waals surface area contributed by atoms with Crippen molar-refractivity contribution in [2.45, 2.75) is 33.1 Å². The number of hydrogen-bond acceptors (Lipinski definition) is 3. The van der Waals surface area contributed by atoms with E-state index in [-0.39, 0.29) is 5.41 Å².